The largest absolute Gasteiger partial charge is 0.387 e. The van der Waals surface area contributed by atoms with Gasteiger partial charge in [0.05, 0.1) is 5.84 Å². The van der Waals surface area contributed by atoms with Crippen LogP contribution in [-0.4, -0.2) is 5.84 Å². The van der Waals surface area contributed by atoms with Crippen molar-refractivity contribution >= 4 is 5.84 Å². The standard InChI is InChI=1S/C12H16N2/c13-12(14)8-10-6-3-5-9-4-1-2-7-11(9)10/h3,5-6H,1-2,4,7-8H2,(H3,13,14). The third-order valence-electron chi connectivity index (χ3n) is 2.87. The van der Waals surface area contributed by atoms with E-state index in [2.05, 4.69) is 18.2 Å². The molecule has 0 saturated carbocycles. The number of amidine groups is 1. The second-order valence-corrected chi connectivity index (χ2v) is 3.96. The first-order chi connectivity index (χ1) is 6.77. The van der Waals surface area contributed by atoms with Gasteiger partial charge in [-0.05, 0) is 42.4 Å². The van der Waals surface area contributed by atoms with Crippen LogP contribution in [0.2, 0.25) is 0 Å². The molecule has 0 aliphatic heterocycles. The normalized spacial score (nSPS) is 14.9. The van der Waals surface area contributed by atoms with Gasteiger partial charge in [0, 0.05) is 6.42 Å². The van der Waals surface area contributed by atoms with Crippen LogP contribution in [0.4, 0.5) is 0 Å². The smallest absolute Gasteiger partial charge is 0.0950 e. The molecule has 14 heavy (non-hydrogen) atoms. The Kier molecular flexibility index (Phi) is 2.53. The molecule has 1 aliphatic carbocycles. The van der Waals surface area contributed by atoms with E-state index in [1.165, 1.54) is 42.4 Å². The molecule has 2 rings (SSSR count). The first-order valence-corrected chi connectivity index (χ1v) is 5.20. The van der Waals surface area contributed by atoms with Gasteiger partial charge in [-0.15, -0.1) is 0 Å². The second-order valence-electron chi connectivity index (χ2n) is 3.96. The highest BCUT2D eigenvalue weighted by molar-refractivity contribution is 5.79. The monoisotopic (exact) mass is 188 g/mol. The van der Waals surface area contributed by atoms with Gasteiger partial charge in [-0.25, -0.2) is 0 Å². The SMILES string of the molecule is N=C(N)Cc1cccc2c1CCCC2. The molecule has 0 saturated heterocycles. The van der Waals surface area contributed by atoms with E-state index in [0.29, 0.717) is 6.42 Å². The zero-order valence-corrected chi connectivity index (χ0v) is 8.34. The van der Waals surface area contributed by atoms with Crippen LogP contribution in [0.3, 0.4) is 0 Å². The zero-order valence-electron chi connectivity index (χ0n) is 8.34. The number of fused-ring (bicyclic) bond motifs is 1. The lowest BCUT2D eigenvalue weighted by molar-refractivity contribution is 0.681. The Hall–Kier alpha value is -1.31. The molecular formula is C12H16N2. The van der Waals surface area contributed by atoms with Crippen molar-refractivity contribution in [1.29, 1.82) is 5.41 Å². The first-order valence-electron chi connectivity index (χ1n) is 5.20. The van der Waals surface area contributed by atoms with Gasteiger partial charge in [0.1, 0.15) is 0 Å². The van der Waals surface area contributed by atoms with Crippen molar-refractivity contribution in [3.05, 3.63) is 34.9 Å². The summed E-state index contributed by atoms with van der Waals surface area (Å²) in [6, 6.07) is 6.39. The van der Waals surface area contributed by atoms with Gasteiger partial charge in [0.15, 0.2) is 0 Å². The summed E-state index contributed by atoms with van der Waals surface area (Å²) in [4.78, 5) is 0. The molecule has 0 fully saturated rings. The van der Waals surface area contributed by atoms with Gasteiger partial charge < -0.3 is 5.73 Å². The van der Waals surface area contributed by atoms with E-state index >= 15 is 0 Å². The number of hydrogen-bond donors (Lipinski definition) is 2. The molecule has 2 nitrogen and oxygen atoms in total. The molecule has 0 amide bonds. The van der Waals surface area contributed by atoms with Crippen LogP contribution in [0.1, 0.15) is 29.5 Å². The molecule has 0 aromatic heterocycles. The Morgan fingerprint density at radius 2 is 2.07 bits per heavy atom. The van der Waals surface area contributed by atoms with Crippen LogP contribution in [-0.2, 0) is 19.3 Å². The minimum absolute atomic E-state index is 0.268. The highest BCUT2D eigenvalue weighted by atomic mass is 14.7. The zero-order chi connectivity index (χ0) is 9.97. The fourth-order valence-electron chi connectivity index (χ4n) is 2.23. The Balaban J connectivity index is 2.35. The second kappa shape index (κ2) is 3.82. The maximum absolute atomic E-state index is 7.33. The molecule has 0 heterocycles. The van der Waals surface area contributed by atoms with Crippen molar-refractivity contribution in [2.24, 2.45) is 5.73 Å². The molecule has 1 aromatic rings. The fourth-order valence-corrected chi connectivity index (χ4v) is 2.23. The predicted octanol–water partition coefficient (Wildman–Crippen LogP) is 2.04. The van der Waals surface area contributed by atoms with Gasteiger partial charge >= 0.3 is 0 Å². The summed E-state index contributed by atoms with van der Waals surface area (Å²) in [6.45, 7) is 0. The summed E-state index contributed by atoms with van der Waals surface area (Å²) >= 11 is 0. The van der Waals surface area contributed by atoms with Crippen molar-refractivity contribution in [3.8, 4) is 0 Å². The maximum Gasteiger partial charge on any atom is 0.0950 e. The van der Waals surface area contributed by atoms with Crippen LogP contribution in [0.15, 0.2) is 18.2 Å². The van der Waals surface area contributed by atoms with Crippen molar-refractivity contribution in [2.45, 2.75) is 32.1 Å². The summed E-state index contributed by atoms with van der Waals surface area (Å²) in [5.74, 6) is 0.268. The van der Waals surface area contributed by atoms with Gasteiger partial charge in [-0.2, -0.15) is 0 Å². The van der Waals surface area contributed by atoms with E-state index in [1.54, 1.807) is 0 Å². The van der Waals surface area contributed by atoms with Crippen molar-refractivity contribution < 1.29 is 0 Å². The topological polar surface area (TPSA) is 49.9 Å². The molecule has 74 valence electrons. The minimum atomic E-state index is 0.268. The highest BCUT2D eigenvalue weighted by Gasteiger charge is 2.12. The van der Waals surface area contributed by atoms with E-state index in [1.807, 2.05) is 0 Å². The van der Waals surface area contributed by atoms with Crippen molar-refractivity contribution in [1.82, 2.24) is 0 Å². The van der Waals surface area contributed by atoms with E-state index < -0.39 is 0 Å². The number of nitrogens with one attached hydrogen (secondary N) is 1. The number of rotatable bonds is 2. The lowest BCUT2D eigenvalue weighted by Gasteiger charge is -2.18. The van der Waals surface area contributed by atoms with Crippen LogP contribution in [0, 0.1) is 5.41 Å². The van der Waals surface area contributed by atoms with Crippen molar-refractivity contribution in [3.63, 3.8) is 0 Å². The summed E-state index contributed by atoms with van der Waals surface area (Å²) in [5, 5.41) is 7.33. The molecule has 3 N–H and O–H groups in total. The van der Waals surface area contributed by atoms with E-state index in [4.69, 9.17) is 11.1 Å². The molecule has 0 bridgehead atoms. The minimum Gasteiger partial charge on any atom is -0.387 e. The Labute approximate surface area is 84.6 Å². The Morgan fingerprint density at radius 1 is 1.29 bits per heavy atom. The Morgan fingerprint density at radius 3 is 2.86 bits per heavy atom. The molecular weight excluding hydrogens is 172 g/mol. The van der Waals surface area contributed by atoms with Crippen LogP contribution in [0.25, 0.3) is 0 Å². The quantitative estimate of drug-likeness (QED) is 0.541. The number of aryl methyl sites for hydroxylation is 1. The van der Waals surface area contributed by atoms with Crippen molar-refractivity contribution in [2.75, 3.05) is 0 Å². The average molecular weight is 188 g/mol. The summed E-state index contributed by atoms with van der Waals surface area (Å²) in [5.41, 5.74) is 9.62. The van der Waals surface area contributed by atoms with E-state index in [0.717, 1.165) is 0 Å². The molecule has 0 spiro atoms. The fraction of sp³-hybridized carbons (Fsp3) is 0.417. The number of hydrogen-bond acceptors (Lipinski definition) is 1. The number of nitrogens with two attached hydrogens (primary N) is 1. The third-order valence-corrected chi connectivity index (χ3v) is 2.87. The maximum atomic E-state index is 7.33. The molecule has 0 atom stereocenters. The highest BCUT2D eigenvalue weighted by Crippen LogP contribution is 2.24. The number of benzene rings is 1. The Bertz CT molecular complexity index is 355. The van der Waals surface area contributed by atoms with Gasteiger partial charge in [-0.1, -0.05) is 18.2 Å². The summed E-state index contributed by atoms with van der Waals surface area (Å²) in [6.07, 6.45) is 5.56. The summed E-state index contributed by atoms with van der Waals surface area (Å²) < 4.78 is 0. The van der Waals surface area contributed by atoms with Crippen LogP contribution < -0.4 is 5.73 Å². The predicted molar refractivity (Wildman–Crippen MR) is 58.7 cm³/mol. The van der Waals surface area contributed by atoms with E-state index in [9.17, 15) is 0 Å². The third kappa shape index (κ3) is 1.79. The average Bonchev–Trinajstić information content (AvgIpc) is 2.18. The summed E-state index contributed by atoms with van der Waals surface area (Å²) in [7, 11) is 0. The molecule has 1 aliphatic rings. The molecule has 0 unspecified atom stereocenters. The molecule has 0 radical (unpaired) electrons. The van der Waals surface area contributed by atoms with Crippen LogP contribution in [0.5, 0.6) is 0 Å². The molecule has 1 aromatic carbocycles. The van der Waals surface area contributed by atoms with Gasteiger partial charge in [-0.3, -0.25) is 5.41 Å². The lowest BCUT2D eigenvalue weighted by atomic mass is 9.87. The van der Waals surface area contributed by atoms with E-state index in [-0.39, 0.29) is 5.84 Å². The van der Waals surface area contributed by atoms with Gasteiger partial charge in [0.25, 0.3) is 0 Å². The van der Waals surface area contributed by atoms with Crippen LogP contribution >= 0.6 is 0 Å². The lowest BCUT2D eigenvalue weighted by Crippen LogP contribution is -2.15. The van der Waals surface area contributed by atoms with Gasteiger partial charge in [0.2, 0.25) is 0 Å². The first kappa shape index (κ1) is 9.25. The molecule has 2 heteroatoms.